The summed E-state index contributed by atoms with van der Waals surface area (Å²) in [5.74, 6) is 0. The summed E-state index contributed by atoms with van der Waals surface area (Å²) < 4.78 is 5.50. The van der Waals surface area contributed by atoms with Crippen LogP contribution in [0.3, 0.4) is 0 Å². The van der Waals surface area contributed by atoms with Gasteiger partial charge in [0.25, 0.3) is 0 Å². The molecular formula is C18H13N3O2. The number of nitrogens with zero attached hydrogens (tertiary/aromatic N) is 2. The second-order valence-corrected chi connectivity index (χ2v) is 5.10. The maximum Gasteiger partial charge on any atom is 0.344 e. The van der Waals surface area contributed by atoms with Crippen LogP contribution in [0.1, 0.15) is 0 Å². The van der Waals surface area contributed by atoms with E-state index in [1.165, 1.54) is 0 Å². The van der Waals surface area contributed by atoms with Crippen molar-refractivity contribution in [1.29, 1.82) is 0 Å². The Morgan fingerprint density at radius 2 is 1.91 bits per heavy atom. The van der Waals surface area contributed by atoms with Crippen LogP contribution >= 0.6 is 0 Å². The first-order valence-corrected chi connectivity index (χ1v) is 7.20. The van der Waals surface area contributed by atoms with Gasteiger partial charge < -0.3 is 4.42 Å². The minimum absolute atomic E-state index is 0.351. The molecule has 2 heterocycles. The molecule has 1 aromatic heterocycles. The van der Waals surface area contributed by atoms with Gasteiger partial charge >= 0.3 is 5.63 Å². The molecule has 0 unspecified atom stereocenters. The predicted octanol–water partition coefficient (Wildman–Crippen LogP) is 3.28. The Hall–Kier alpha value is -3.34. The fourth-order valence-electron chi connectivity index (χ4n) is 2.49. The summed E-state index contributed by atoms with van der Waals surface area (Å²) in [6.07, 6.45) is 5.24. The highest BCUT2D eigenvalue weighted by Gasteiger charge is 2.10. The van der Waals surface area contributed by atoms with Crippen molar-refractivity contribution in [1.82, 2.24) is 5.43 Å². The Morgan fingerprint density at radius 1 is 1.04 bits per heavy atom. The van der Waals surface area contributed by atoms with Crippen LogP contribution < -0.4 is 16.2 Å². The van der Waals surface area contributed by atoms with Gasteiger partial charge in [-0.1, -0.05) is 30.3 Å². The number of hydrazone groups is 1. The van der Waals surface area contributed by atoms with Gasteiger partial charge in [-0.3, -0.25) is 5.43 Å². The molecule has 5 nitrogen and oxygen atoms in total. The molecule has 3 aromatic rings. The van der Waals surface area contributed by atoms with Gasteiger partial charge in [0, 0.05) is 17.7 Å². The van der Waals surface area contributed by atoms with E-state index in [0.29, 0.717) is 11.1 Å². The molecule has 0 saturated heterocycles. The first-order valence-electron chi connectivity index (χ1n) is 7.20. The number of nitrogens with one attached hydrogen (secondary N) is 1. The molecule has 0 spiro atoms. The average Bonchev–Trinajstić information content (AvgIpc) is 2.62. The molecule has 1 N–H and O–H groups in total. The molecule has 0 atom stereocenters. The van der Waals surface area contributed by atoms with E-state index >= 15 is 0 Å². The molecule has 4 rings (SSSR count). The monoisotopic (exact) mass is 303 g/mol. The van der Waals surface area contributed by atoms with Crippen LogP contribution in [-0.2, 0) is 0 Å². The molecule has 0 amide bonds. The number of rotatable bonds is 2. The summed E-state index contributed by atoms with van der Waals surface area (Å²) in [6.45, 7) is 0. The lowest BCUT2D eigenvalue weighted by molar-refractivity contribution is 0.563. The normalized spacial score (nSPS) is 13.3. The highest BCUT2D eigenvalue weighted by molar-refractivity contribution is 5.85. The zero-order valence-electron chi connectivity index (χ0n) is 12.1. The lowest BCUT2D eigenvalue weighted by Crippen LogP contribution is -2.30. The van der Waals surface area contributed by atoms with Crippen molar-refractivity contribution in [2.45, 2.75) is 0 Å². The molecule has 5 heteroatoms. The Morgan fingerprint density at radius 3 is 2.70 bits per heavy atom. The number of benzene rings is 2. The molecule has 0 aliphatic carbocycles. The van der Waals surface area contributed by atoms with E-state index in [1.54, 1.807) is 29.7 Å². The molecule has 112 valence electrons. The van der Waals surface area contributed by atoms with Gasteiger partial charge in [-0.15, -0.1) is 0 Å². The third-order valence-corrected chi connectivity index (χ3v) is 3.61. The van der Waals surface area contributed by atoms with Gasteiger partial charge in [0.2, 0.25) is 0 Å². The highest BCUT2D eigenvalue weighted by atomic mass is 16.4. The first kappa shape index (κ1) is 13.3. The zero-order valence-corrected chi connectivity index (χ0v) is 12.1. The fraction of sp³-hybridized carbons (Fsp3) is 0. The van der Waals surface area contributed by atoms with E-state index in [9.17, 15) is 4.79 Å². The zero-order chi connectivity index (χ0) is 15.6. The van der Waals surface area contributed by atoms with Gasteiger partial charge in [-0.05, 0) is 29.8 Å². The van der Waals surface area contributed by atoms with Crippen molar-refractivity contribution in [2.24, 2.45) is 5.10 Å². The van der Waals surface area contributed by atoms with E-state index < -0.39 is 0 Å². The number of hydrazine groups is 1. The van der Waals surface area contributed by atoms with Crippen molar-refractivity contribution in [2.75, 3.05) is 5.12 Å². The van der Waals surface area contributed by atoms with Gasteiger partial charge in [0.1, 0.15) is 5.58 Å². The molecule has 1 aliphatic heterocycles. The maximum atomic E-state index is 12.3. The third kappa shape index (κ3) is 2.48. The smallest absolute Gasteiger partial charge is 0.344 e. The Labute approximate surface area is 132 Å². The lowest BCUT2D eigenvalue weighted by Gasteiger charge is -2.20. The summed E-state index contributed by atoms with van der Waals surface area (Å²) in [6, 6.07) is 17.0. The van der Waals surface area contributed by atoms with E-state index in [4.69, 9.17) is 4.42 Å². The second kappa shape index (κ2) is 5.46. The number of hydrogen-bond donors (Lipinski definition) is 1. The largest absolute Gasteiger partial charge is 0.422 e. The maximum absolute atomic E-state index is 12.3. The SMILES string of the molecule is O=c1oc2cc(N3N=CC=CN3)ccc2cc1-c1ccccc1. The minimum atomic E-state index is -0.351. The second-order valence-electron chi connectivity index (χ2n) is 5.10. The van der Waals surface area contributed by atoms with Crippen molar-refractivity contribution in [3.05, 3.63) is 77.3 Å². The number of allylic oxidation sites excluding steroid dienone is 1. The molecule has 2 aromatic carbocycles. The van der Waals surface area contributed by atoms with Crippen LogP contribution in [0.25, 0.3) is 22.1 Å². The molecule has 1 aliphatic rings. The van der Waals surface area contributed by atoms with Gasteiger partial charge in [0.05, 0.1) is 17.5 Å². The standard InChI is InChI=1S/C18H13N3O2/c22-18-16(13-5-2-1-3-6-13)11-14-7-8-15(12-17(14)23-18)21-19-9-4-10-20-21/h1-12,19H. The molecule has 0 fully saturated rings. The summed E-state index contributed by atoms with van der Waals surface area (Å²) in [7, 11) is 0. The van der Waals surface area contributed by atoms with Crippen LogP contribution in [-0.4, -0.2) is 6.21 Å². The molecular weight excluding hydrogens is 290 g/mol. The summed E-state index contributed by atoms with van der Waals surface area (Å²) in [5.41, 5.74) is 5.35. The molecule has 0 bridgehead atoms. The average molecular weight is 303 g/mol. The third-order valence-electron chi connectivity index (χ3n) is 3.61. The summed E-state index contributed by atoms with van der Waals surface area (Å²) in [5, 5.41) is 6.65. The van der Waals surface area contributed by atoms with E-state index in [0.717, 1.165) is 16.6 Å². The highest BCUT2D eigenvalue weighted by Crippen LogP contribution is 2.25. The van der Waals surface area contributed by atoms with Crippen LogP contribution in [0.2, 0.25) is 0 Å². The van der Waals surface area contributed by atoms with Crippen molar-refractivity contribution in [3.8, 4) is 11.1 Å². The van der Waals surface area contributed by atoms with Crippen LogP contribution in [0.5, 0.6) is 0 Å². The van der Waals surface area contributed by atoms with E-state index in [2.05, 4.69) is 10.5 Å². The number of hydrogen-bond acceptors (Lipinski definition) is 5. The van der Waals surface area contributed by atoms with E-state index in [1.807, 2.05) is 48.5 Å². The first-order chi connectivity index (χ1) is 11.3. The van der Waals surface area contributed by atoms with Crippen molar-refractivity contribution < 1.29 is 4.42 Å². The van der Waals surface area contributed by atoms with Crippen LogP contribution in [0.15, 0.2) is 81.2 Å². The van der Waals surface area contributed by atoms with Crippen LogP contribution in [0, 0.1) is 0 Å². The Kier molecular flexibility index (Phi) is 3.16. The van der Waals surface area contributed by atoms with Crippen LogP contribution in [0.4, 0.5) is 5.69 Å². The quantitative estimate of drug-likeness (QED) is 0.738. The summed E-state index contributed by atoms with van der Waals surface area (Å²) in [4.78, 5) is 12.3. The van der Waals surface area contributed by atoms with Crippen molar-refractivity contribution >= 4 is 22.9 Å². The number of anilines is 1. The molecule has 0 saturated carbocycles. The lowest BCUT2D eigenvalue weighted by atomic mass is 10.1. The Balaban J connectivity index is 1.81. The topological polar surface area (TPSA) is 57.8 Å². The van der Waals surface area contributed by atoms with Gasteiger partial charge in [-0.25, -0.2) is 4.79 Å². The van der Waals surface area contributed by atoms with Crippen molar-refractivity contribution in [3.63, 3.8) is 0 Å². The molecule has 0 radical (unpaired) electrons. The Bertz CT molecular complexity index is 974. The van der Waals surface area contributed by atoms with Gasteiger partial charge in [0.15, 0.2) is 0 Å². The molecule has 23 heavy (non-hydrogen) atoms. The predicted molar refractivity (Wildman–Crippen MR) is 91.2 cm³/mol. The minimum Gasteiger partial charge on any atom is -0.422 e. The van der Waals surface area contributed by atoms with Gasteiger partial charge in [-0.2, -0.15) is 10.2 Å². The number of fused-ring (bicyclic) bond motifs is 1. The van der Waals surface area contributed by atoms with E-state index in [-0.39, 0.29) is 5.63 Å². The fourth-order valence-corrected chi connectivity index (χ4v) is 2.49. The summed E-state index contributed by atoms with van der Waals surface area (Å²) >= 11 is 0.